The molecule has 6 heteroatoms. The molecule has 0 aromatic heterocycles. The van der Waals surface area contributed by atoms with Gasteiger partial charge in [0.1, 0.15) is 0 Å². The zero-order valence-corrected chi connectivity index (χ0v) is 13.9. The van der Waals surface area contributed by atoms with Gasteiger partial charge in [0.15, 0.2) is 0 Å². The second kappa shape index (κ2) is 7.45. The molecule has 0 radical (unpaired) electrons. The summed E-state index contributed by atoms with van der Waals surface area (Å²) in [7, 11) is -3.53. The third-order valence-electron chi connectivity index (χ3n) is 3.70. The van der Waals surface area contributed by atoms with Crippen LogP contribution in [0, 0.1) is 0 Å². The van der Waals surface area contributed by atoms with Crippen molar-refractivity contribution in [3.05, 3.63) is 29.8 Å². The molecular formula is C14H23NO3S2. The van der Waals surface area contributed by atoms with Crippen LogP contribution in [-0.2, 0) is 16.6 Å². The smallest absolute Gasteiger partial charge is 0.240 e. The molecule has 0 amide bonds. The summed E-state index contributed by atoms with van der Waals surface area (Å²) in [4.78, 5) is 0.200. The number of rotatable bonds is 8. The van der Waals surface area contributed by atoms with E-state index in [1.54, 1.807) is 30.0 Å². The van der Waals surface area contributed by atoms with E-state index in [0.717, 1.165) is 12.8 Å². The highest BCUT2D eigenvalue weighted by Crippen LogP contribution is 2.30. The first-order valence-corrected chi connectivity index (χ1v) is 9.38. The number of sulfonamides is 1. The first-order valence-electron chi connectivity index (χ1n) is 6.67. The van der Waals surface area contributed by atoms with Crippen LogP contribution in [0.3, 0.4) is 0 Å². The number of hydrogen-bond acceptors (Lipinski definition) is 4. The zero-order valence-electron chi connectivity index (χ0n) is 12.2. The molecule has 20 heavy (non-hydrogen) atoms. The predicted octanol–water partition coefficient (Wildman–Crippen LogP) is 2.38. The maximum atomic E-state index is 12.3. The molecule has 0 atom stereocenters. The van der Waals surface area contributed by atoms with Gasteiger partial charge in [-0.25, -0.2) is 13.1 Å². The highest BCUT2D eigenvalue weighted by Gasteiger charge is 2.27. The van der Waals surface area contributed by atoms with Gasteiger partial charge in [0.05, 0.1) is 11.5 Å². The van der Waals surface area contributed by atoms with Crippen LogP contribution in [0.1, 0.15) is 32.3 Å². The Morgan fingerprint density at radius 3 is 2.45 bits per heavy atom. The predicted molar refractivity (Wildman–Crippen MR) is 84.4 cm³/mol. The molecule has 0 unspecified atom stereocenters. The molecule has 4 nitrogen and oxygen atoms in total. The van der Waals surface area contributed by atoms with Gasteiger partial charge in [-0.1, -0.05) is 26.0 Å². The largest absolute Gasteiger partial charge is 0.392 e. The Hall–Kier alpha value is -0.560. The van der Waals surface area contributed by atoms with E-state index in [1.165, 1.54) is 6.07 Å². The van der Waals surface area contributed by atoms with Crippen molar-refractivity contribution in [2.24, 2.45) is 0 Å². The molecule has 0 saturated heterocycles. The number of aliphatic hydroxyl groups is 1. The van der Waals surface area contributed by atoms with Crippen LogP contribution in [0.15, 0.2) is 29.2 Å². The van der Waals surface area contributed by atoms with Gasteiger partial charge in [0.25, 0.3) is 0 Å². The summed E-state index contributed by atoms with van der Waals surface area (Å²) in [6.45, 7) is 4.39. The van der Waals surface area contributed by atoms with E-state index in [2.05, 4.69) is 18.6 Å². The summed E-state index contributed by atoms with van der Waals surface area (Å²) in [6.07, 6.45) is 3.82. The molecule has 0 fully saturated rings. The molecule has 0 aliphatic rings. The quantitative estimate of drug-likeness (QED) is 0.772. The molecule has 1 rings (SSSR count). The van der Waals surface area contributed by atoms with E-state index >= 15 is 0 Å². The lowest BCUT2D eigenvalue weighted by Gasteiger charge is -2.29. The summed E-state index contributed by atoms with van der Waals surface area (Å²) in [5.74, 6) is 0. The van der Waals surface area contributed by atoms with Gasteiger partial charge in [-0.3, -0.25) is 0 Å². The van der Waals surface area contributed by atoms with Crippen LogP contribution in [0.4, 0.5) is 0 Å². The van der Waals surface area contributed by atoms with Gasteiger partial charge in [0, 0.05) is 11.3 Å². The first-order chi connectivity index (χ1) is 9.43. The summed E-state index contributed by atoms with van der Waals surface area (Å²) in [6, 6.07) is 6.38. The molecule has 0 aliphatic carbocycles. The summed E-state index contributed by atoms with van der Waals surface area (Å²) in [5.41, 5.74) is 0.593. The SMILES string of the molecule is CCC(CC)(CNS(=O)(=O)c1cccc(CO)c1)SC. The number of hydrogen-bond donors (Lipinski definition) is 2. The van der Waals surface area contributed by atoms with Crippen molar-refractivity contribution in [3.63, 3.8) is 0 Å². The monoisotopic (exact) mass is 317 g/mol. The third kappa shape index (κ3) is 4.22. The van der Waals surface area contributed by atoms with Crippen molar-refractivity contribution >= 4 is 21.8 Å². The van der Waals surface area contributed by atoms with Crippen LogP contribution < -0.4 is 4.72 Å². The fraction of sp³-hybridized carbons (Fsp3) is 0.571. The second-order valence-electron chi connectivity index (χ2n) is 4.72. The van der Waals surface area contributed by atoms with Crippen LogP contribution in [0.25, 0.3) is 0 Å². The minimum atomic E-state index is -3.53. The standard InChI is InChI=1S/C14H23NO3S2/c1-4-14(5-2,19-3)11-15-20(17,18)13-8-6-7-12(9-13)10-16/h6-9,15-16H,4-5,10-11H2,1-3H3. The second-order valence-corrected chi connectivity index (χ2v) is 7.77. The Morgan fingerprint density at radius 1 is 1.30 bits per heavy atom. The van der Waals surface area contributed by atoms with Crippen molar-refractivity contribution < 1.29 is 13.5 Å². The molecule has 0 bridgehead atoms. The fourth-order valence-corrected chi connectivity index (χ4v) is 4.06. The van der Waals surface area contributed by atoms with Gasteiger partial charge in [-0.05, 0) is 36.8 Å². The molecule has 0 heterocycles. The van der Waals surface area contributed by atoms with Gasteiger partial charge >= 0.3 is 0 Å². The van der Waals surface area contributed by atoms with Crippen LogP contribution in [0.2, 0.25) is 0 Å². The molecule has 0 saturated carbocycles. The molecule has 1 aromatic rings. The van der Waals surface area contributed by atoms with E-state index < -0.39 is 10.0 Å². The van der Waals surface area contributed by atoms with Gasteiger partial charge in [-0.2, -0.15) is 11.8 Å². The van der Waals surface area contributed by atoms with Crippen LogP contribution in [0.5, 0.6) is 0 Å². The van der Waals surface area contributed by atoms with Gasteiger partial charge in [0.2, 0.25) is 10.0 Å². The average molecular weight is 317 g/mol. The van der Waals surface area contributed by atoms with E-state index in [9.17, 15) is 8.42 Å². The molecule has 1 aromatic carbocycles. The van der Waals surface area contributed by atoms with E-state index in [-0.39, 0.29) is 16.2 Å². The first kappa shape index (κ1) is 17.5. The Labute approximate surface area is 126 Å². The highest BCUT2D eigenvalue weighted by atomic mass is 32.2. The van der Waals surface area contributed by atoms with E-state index in [1.807, 2.05) is 6.26 Å². The number of aliphatic hydroxyl groups excluding tert-OH is 1. The summed E-state index contributed by atoms with van der Waals surface area (Å²) >= 11 is 1.69. The van der Waals surface area contributed by atoms with Crippen molar-refractivity contribution in [1.82, 2.24) is 4.72 Å². The highest BCUT2D eigenvalue weighted by molar-refractivity contribution is 8.00. The van der Waals surface area contributed by atoms with Crippen molar-refractivity contribution in [3.8, 4) is 0 Å². The molecule has 0 spiro atoms. The number of nitrogens with one attached hydrogen (secondary N) is 1. The molecular weight excluding hydrogens is 294 g/mol. The Balaban J connectivity index is 2.89. The number of benzene rings is 1. The maximum Gasteiger partial charge on any atom is 0.240 e. The topological polar surface area (TPSA) is 66.4 Å². The minimum Gasteiger partial charge on any atom is -0.392 e. The molecule has 114 valence electrons. The van der Waals surface area contributed by atoms with Gasteiger partial charge in [-0.15, -0.1) is 0 Å². The normalized spacial score (nSPS) is 12.6. The lowest BCUT2D eigenvalue weighted by atomic mass is 10.0. The van der Waals surface area contributed by atoms with Crippen LogP contribution in [-0.4, -0.2) is 31.1 Å². The van der Waals surface area contributed by atoms with Crippen molar-refractivity contribution in [2.75, 3.05) is 12.8 Å². The van der Waals surface area contributed by atoms with Crippen molar-refractivity contribution in [2.45, 2.75) is 42.9 Å². The summed E-state index contributed by atoms with van der Waals surface area (Å²) < 4.78 is 27.2. The van der Waals surface area contributed by atoms with Crippen molar-refractivity contribution in [1.29, 1.82) is 0 Å². The van der Waals surface area contributed by atoms with Gasteiger partial charge < -0.3 is 5.11 Å². The Kier molecular flexibility index (Phi) is 6.51. The average Bonchev–Trinajstić information content (AvgIpc) is 2.49. The maximum absolute atomic E-state index is 12.3. The lowest BCUT2D eigenvalue weighted by molar-refractivity contribution is 0.281. The molecule has 0 aliphatic heterocycles. The molecule has 2 N–H and O–H groups in total. The zero-order chi connectivity index (χ0) is 15.2. The van der Waals surface area contributed by atoms with E-state index in [0.29, 0.717) is 12.1 Å². The Bertz CT molecular complexity index is 517. The lowest BCUT2D eigenvalue weighted by Crippen LogP contribution is -2.39. The third-order valence-corrected chi connectivity index (χ3v) is 6.68. The number of thioether (sulfide) groups is 1. The van der Waals surface area contributed by atoms with E-state index in [4.69, 9.17) is 5.11 Å². The minimum absolute atomic E-state index is 0.0678. The summed E-state index contributed by atoms with van der Waals surface area (Å²) in [5, 5.41) is 9.08. The van der Waals surface area contributed by atoms with Crippen LogP contribution >= 0.6 is 11.8 Å². The Morgan fingerprint density at radius 2 is 1.95 bits per heavy atom. The fourth-order valence-electron chi connectivity index (χ4n) is 1.98.